The standard InChI is InChI=1S/C17H21NO5/c19-16(20)10-22-12-3-1-11(2-4-12)7-8-18-17(21)14-9-13-5-6-15(14)23-13/h1-4,13-15H,5-10H2,(H,18,21)(H,19,20). The molecule has 3 unspecified atom stereocenters. The minimum absolute atomic E-state index is 0.0144. The van der Waals surface area contributed by atoms with E-state index in [0.29, 0.717) is 12.3 Å². The van der Waals surface area contributed by atoms with Crippen LogP contribution in [0.1, 0.15) is 24.8 Å². The third-order valence-corrected chi connectivity index (χ3v) is 4.44. The molecule has 2 aliphatic rings. The fourth-order valence-electron chi connectivity index (χ4n) is 3.27. The van der Waals surface area contributed by atoms with Gasteiger partial charge >= 0.3 is 5.97 Å². The van der Waals surface area contributed by atoms with Crippen LogP contribution in [0.15, 0.2) is 24.3 Å². The Kier molecular flexibility index (Phi) is 4.81. The molecule has 2 saturated heterocycles. The Balaban J connectivity index is 1.40. The molecule has 1 aromatic carbocycles. The lowest BCUT2D eigenvalue weighted by atomic mass is 9.88. The zero-order chi connectivity index (χ0) is 16.2. The maximum atomic E-state index is 12.2. The van der Waals surface area contributed by atoms with Crippen LogP contribution in [0.25, 0.3) is 0 Å². The number of nitrogens with one attached hydrogen (secondary N) is 1. The molecule has 2 aliphatic heterocycles. The fraction of sp³-hybridized carbons (Fsp3) is 0.529. The summed E-state index contributed by atoms with van der Waals surface area (Å²) in [6.07, 6.45) is 4.07. The predicted octanol–water partition coefficient (Wildman–Crippen LogP) is 1.38. The summed E-state index contributed by atoms with van der Waals surface area (Å²) in [6.45, 7) is 0.239. The Morgan fingerprint density at radius 1 is 1.26 bits per heavy atom. The van der Waals surface area contributed by atoms with Gasteiger partial charge < -0.3 is 19.9 Å². The fourth-order valence-corrected chi connectivity index (χ4v) is 3.27. The zero-order valence-corrected chi connectivity index (χ0v) is 12.9. The largest absolute Gasteiger partial charge is 0.482 e. The van der Waals surface area contributed by atoms with Crippen LogP contribution in [0.2, 0.25) is 0 Å². The van der Waals surface area contributed by atoms with E-state index in [1.807, 2.05) is 12.1 Å². The molecule has 2 bridgehead atoms. The number of benzene rings is 1. The molecule has 2 N–H and O–H groups in total. The van der Waals surface area contributed by atoms with Gasteiger partial charge in [-0.25, -0.2) is 4.79 Å². The van der Waals surface area contributed by atoms with Gasteiger partial charge in [0.05, 0.1) is 18.1 Å². The van der Waals surface area contributed by atoms with Crippen molar-refractivity contribution in [3.05, 3.63) is 29.8 Å². The van der Waals surface area contributed by atoms with Gasteiger partial charge in [0.25, 0.3) is 0 Å². The second-order valence-electron chi connectivity index (χ2n) is 6.08. The second-order valence-corrected chi connectivity index (χ2v) is 6.08. The van der Waals surface area contributed by atoms with Gasteiger partial charge in [0.1, 0.15) is 5.75 Å². The molecular formula is C17H21NO5. The average Bonchev–Trinajstić information content (AvgIpc) is 3.17. The second kappa shape index (κ2) is 7.00. The molecule has 3 atom stereocenters. The summed E-state index contributed by atoms with van der Waals surface area (Å²) in [4.78, 5) is 22.6. The van der Waals surface area contributed by atoms with E-state index in [1.165, 1.54) is 0 Å². The SMILES string of the molecule is O=C(O)COc1ccc(CCNC(=O)C2CC3CCC2O3)cc1. The van der Waals surface area contributed by atoms with Crippen LogP contribution >= 0.6 is 0 Å². The Morgan fingerprint density at radius 2 is 2.04 bits per heavy atom. The van der Waals surface area contributed by atoms with Gasteiger partial charge in [0.2, 0.25) is 5.91 Å². The highest BCUT2D eigenvalue weighted by molar-refractivity contribution is 5.79. The summed E-state index contributed by atoms with van der Waals surface area (Å²) in [7, 11) is 0. The molecule has 0 saturated carbocycles. The highest BCUT2D eigenvalue weighted by atomic mass is 16.5. The lowest BCUT2D eigenvalue weighted by molar-refractivity contribution is -0.139. The Labute approximate surface area is 134 Å². The van der Waals surface area contributed by atoms with Gasteiger partial charge in [0, 0.05) is 6.54 Å². The first kappa shape index (κ1) is 15.8. The molecule has 23 heavy (non-hydrogen) atoms. The molecule has 2 fully saturated rings. The van der Waals surface area contributed by atoms with Crippen LogP contribution in [0.5, 0.6) is 5.75 Å². The predicted molar refractivity (Wildman–Crippen MR) is 82.3 cm³/mol. The van der Waals surface area contributed by atoms with Crippen LogP contribution in [0, 0.1) is 5.92 Å². The summed E-state index contributed by atoms with van der Waals surface area (Å²) >= 11 is 0. The molecule has 6 nitrogen and oxygen atoms in total. The Hall–Kier alpha value is -2.08. The summed E-state index contributed by atoms with van der Waals surface area (Å²) in [5, 5.41) is 11.5. The van der Waals surface area contributed by atoms with Crippen LogP contribution < -0.4 is 10.1 Å². The topological polar surface area (TPSA) is 84.9 Å². The van der Waals surface area contributed by atoms with E-state index in [2.05, 4.69) is 5.32 Å². The number of rotatable bonds is 7. The van der Waals surface area contributed by atoms with Crippen molar-refractivity contribution < 1.29 is 24.2 Å². The summed E-state index contributed by atoms with van der Waals surface area (Å²) in [6, 6.07) is 7.24. The average molecular weight is 319 g/mol. The van der Waals surface area contributed by atoms with Crippen molar-refractivity contribution in [1.29, 1.82) is 0 Å². The van der Waals surface area contributed by atoms with Crippen molar-refractivity contribution in [2.45, 2.75) is 37.9 Å². The molecule has 0 aliphatic carbocycles. The van der Waals surface area contributed by atoms with Crippen LogP contribution in [0.3, 0.4) is 0 Å². The van der Waals surface area contributed by atoms with Crippen molar-refractivity contribution in [3.8, 4) is 5.75 Å². The molecular weight excluding hydrogens is 298 g/mol. The van der Waals surface area contributed by atoms with Crippen molar-refractivity contribution in [1.82, 2.24) is 5.32 Å². The van der Waals surface area contributed by atoms with E-state index in [1.54, 1.807) is 12.1 Å². The van der Waals surface area contributed by atoms with Crippen molar-refractivity contribution in [2.75, 3.05) is 13.2 Å². The van der Waals surface area contributed by atoms with E-state index in [9.17, 15) is 9.59 Å². The number of ether oxygens (including phenoxy) is 2. The lowest BCUT2D eigenvalue weighted by Crippen LogP contribution is -2.37. The summed E-state index contributed by atoms with van der Waals surface area (Å²) < 4.78 is 10.8. The van der Waals surface area contributed by atoms with E-state index in [0.717, 1.165) is 31.2 Å². The van der Waals surface area contributed by atoms with Gasteiger partial charge in [-0.3, -0.25) is 4.79 Å². The van der Waals surface area contributed by atoms with Crippen molar-refractivity contribution in [3.63, 3.8) is 0 Å². The number of hydrogen-bond acceptors (Lipinski definition) is 4. The minimum Gasteiger partial charge on any atom is -0.482 e. The molecule has 3 rings (SSSR count). The first-order valence-corrected chi connectivity index (χ1v) is 7.98. The summed E-state index contributed by atoms with van der Waals surface area (Å²) in [5.41, 5.74) is 1.07. The number of amides is 1. The number of fused-ring (bicyclic) bond motifs is 2. The molecule has 6 heteroatoms. The molecule has 0 spiro atoms. The van der Waals surface area contributed by atoms with Crippen molar-refractivity contribution >= 4 is 11.9 Å². The third-order valence-electron chi connectivity index (χ3n) is 4.44. The van der Waals surface area contributed by atoms with E-state index in [-0.39, 0.29) is 30.6 Å². The number of aliphatic carboxylic acids is 1. The molecule has 1 amide bonds. The van der Waals surface area contributed by atoms with E-state index >= 15 is 0 Å². The Bertz CT molecular complexity index is 571. The van der Waals surface area contributed by atoms with Gasteiger partial charge in [-0.15, -0.1) is 0 Å². The monoisotopic (exact) mass is 319 g/mol. The third kappa shape index (κ3) is 4.01. The first-order chi connectivity index (χ1) is 11.1. The van der Waals surface area contributed by atoms with Crippen LogP contribution in [-0.2, 0) is 20.7 Å². The van der Waals surface area contributed by atoms with Crippen molar-refractivity contribution in [2.24, 2.45) is 5.92 Å². The zero-order valence-electron chi connectivity index (χ0n) is 12.9. The normalized spacial score (nSPS) is 25.3. The van der Waals surface area contributed by atoms with E-state index in [4.69, 9.17) is 14.6 Å². The number of carbonyl (C=O) groups is 2. The number of carbonyl (C=O) groups excluding carboxylic acids is 1. The summed E-state index contributed by atoms with van der Waals surface area (Å²) in [5.74, 6) is -0.361. The Morgan fingerprint density at radius 3 is 2.65 bits per heavy atom. The first-order valence-electron chi connectivity index (χ1n) is 7.98. The van der Waals surface area contributed by atoms with Gasteiger partial charge in [-0.2, -0.15) is 0 Å². The maximum absolute atomic E-state index is 12.2. The molecule has 2 heterocycles. The molecule has 0 radical (unpaired) electrons. The van der Waals surface area contributed by atoms with Gasteiger partial charge in [0.15, 0.2) is 6.61 Å². The number of hydrogen-bond donors (Lipinski definition) is 2. The molecule has 0 aromatic heterocycles. The van der Waals surface area contributed by atoms with E-state index < -0.39 is 5.97 Å². The molecule has 1 aromatic rings. The highest BCUT2D eigenvalue weighted by Crippen LogP contribution is 2.38. The molecule has 124 valence electrons. The maximum Gasteiger partial charge on any atom is 0.341 e. The van der Waals surface area contributed by atoms with Gasteiger partial charge in [-0.1, -0.05) is 12.1 Å². The van der Waals surface area contributed by atoms with Gasteiger partial charge in [-0.05, 0) is 43.4 Å². The number of carboxylic acid groups (broad SMARTS) is 1. The van der Waals surface area contributed by atoms with Crippen LogP contribution in [0.4, 0.5) is 0 Å². The van der Waals surface area contributed by atoms with Crippen LogP contribution in [-0.4, -0.2) is 42.3 Å². The minimum atomic E-state index is -0.999. The highest BCUT2D eigenvalue weighted by Gasteiger charge is 2.44. The quantitative estimate of drug-likeness (QED) is 0.793. The number of carboxylic acids is 1. The smallest absolute Gasteiger partial charge is 0.341 e. The lowest BCUT2D eigenvalue weighted by Gasteiger charge is -2.17.